The van der Waals surface area contributed by atoms with Gasteiger partial charge in [0, 0.05) is 5.69 Å². The second-order valence-electron chi connectivity index (χ2n) is 4.77. The summed E-state index contributed by atoms with van der Waals surface area (Å²) in [5, 5.41) is -0.0719. The van der Waals surface area contributed by atoms with Gasteiger partial charge in [-0.1, -0.05) is 24.3 Å². The van der Waals surface area contributed by atoms with E-state index < -0.39 is 0 Å². The number of anilines is 2. The molecule has 0 bridgehead atoms. The Morgan fingerprint density at radius 2 is 2.05 bits per heavy atom. The number of nitrogen functional groups attached to an aromatic ring is 1. The Morgan fingerprint density at radius 3 is 2.81 bits per heavy atom. The number of hydrogen-bond acceptors (Lipinski definition) is 4. The van der Waals surface area contributed by atoms with Gasteiger partial charge in [-0.15, -0.1) is 11.8 Å². The van der Waals surface area contributed by atoms with E-state index in [2.05, 4.69) is 0 Å². The maximum Gasteiger partial charge on any atom is 0.238 e. The van der Waals surface area contributed by atoms with Crippen LogP contribution in [0, 0.1) is 0 Å². The minimum Gasteiger partial charge on any atom is -0.495 e. The molecule has 2 aromatic rings. The molecule has 0 spiro atoms. The molecule has 0 aliphatic carbocycles. The fraction of sp³-hybridized carbons (Fsp3) is 0.188. The highest BCUT2D eigenvalue weighted by Crippen LogP contribution is 2.44. The second-order valence-corrected chi connectivity index (χ2v) is 5.84. The first kappa shape index (κ1) is 13.8. The summed E-state index contributed by atoms with van der Waals surface area (Å²) in [7, 11) is 1.61. The van der Waals surface area contributed by atoms with E-state index in [1.54, 1.807) is 23.8 Å². The molecule has 4 nitrogen and oxygen atoms in total. The van der Waals surface area contributed by atoms with Crippen LogP contribution in [0.4, 0.5) is 11.4 Å². The molecule has 1 aliphatic rings. The Morgan fingerprint density at radius 1 is 1.24 bits per heavy atom. The van der Waals surface area contributed by atoms with Gasteiger partial charge in [-0.3, -0.25) is 9.69 Å². The number of benzene rings is 2. The van der Waals surface area contributed by atoms with E-state index in [0.717, 1.165) is 11.3 Å². The van der Waals surface area contributed by atoms with Crippen LogP contribution in [-0.2, 0) is 4.79 Å². The molecular weight excluding hydrogens is 284 g/mol. The van der Waals surface area contributed by atoms with Gasteiger partial charge < -0.3 is 10.5 Å². The number of methoxy groups -OCH3 is 1. The van der Waals surface area contributed by atoms with Crippen molar-refractivity contribution >= 4 is 29.0 Å². The number of hydrogen-bond donors (Lipinski definition) is 1. The number of rotatable bonds is 3. The van der Waals surface area contributed by atoms with Crippen LogP contribution in [0.2, 0.25) is 0 Å². The summed E-state index contributed by atoms with van der Waals surface area (Å²) in [6.45, 7) is 0. The summed E-state index contributed by atoms with van der Waals surface area (Å²) in [6, 6.07) is 15.2. The molecule has 1 atom stereocenters. The monoisotopic (exact) mass is 300 g/mol. The molecular formula is C16H16N2O2S. The van der Waals surface area contributed by atoms with Crippen molar-refractivity contribution in [2.75, 3.05) is 23.5 Å². The lowest BCUT2D eigenvalue weighted by Gasteiger charge is -2.26. The molecule has 1 amide bonds. The Balaban J connectivity index is 2.04. The molecule has 0 saturated carbocycles. The second kappa shape index (κ2) is 5.69. The van der Waals surface area contributed by atoms with Crippen LogP contribution in [0.1, 0.15) is 10.9 Å². The molecule has 1 aliphatic heterocycles. The summed E-state index contributed by atoms with van der Waals surface area (Å²) in [6.07, 6.45) is 0. The molecule has 2 N–H and O–H groups in total. The number of ether oxygens (including phenoxy) is 1. The lowest BCUT2D eigenvalue weighted by Crippen LogP contribution is -2.28. The molecule has 1 unspecified atom stereocenters. The summed E-state index contributed by atoms with van der Waals surface area (Å²) in [4.78, 5) is 14.1. The zero-order chi connectivity index (χ0) is 14.8. The van der Waals surface area contributed by atoms with Crippen molar-refractivity contribution < 1.29 is 9.53 Å². The zero-order valence-electron chi connectivity index (χ0n) is 11.7. The quantitative estimate of drug-likeness (QED) is 0.885. The van der Waals surface area contributed by atoms with Crippen molar-refractivity contribution in [1.29, 1.82) is 0 Å². The van der Waals surface area contributed by atoms with Crippen LogP contribution in [0.15, 0.2) is 48.5 Å². The highest BCUT2D eigenvalue weighted by atomic mass is 32.2. The maximum atomic E-state index is 12.3. The van der Waals surface area contributed by atoms with Gasteiger partial charge in [0.25, 0.3) is 0 Å². The standard InChI is InChI=1S/C16H16N2O2S/c1-20-14-8-3-2-7-13(14)18-15(19)10-21-16(18)11-5-4-6-12(17)9-11/h2-9,16H,10,17H2,1H3. The third-order valence-electron chi connectivity index (χ3n) is 3.41. The maximum absolute atomic E-state index is 12.3. The predicted molar refractivity (Wildman–Crippen MR) is 86.5 cm³/mol. The number of nitrogens with zero attached hydrogens (tertiary/aromatic N) is 1. The SMILES string of the molecule is COc1ccccc1N1C(=O)CSC1c1cccc(N)c1. The Labute approximate surface area is 127 Å². The number of para-hydroxylation sites is 2. The topological polar surface area (TPSA) is 55.6 Å². The fourth-order valence-corrected chi connectivity index (χ4v) is 3.63. The van der Waals surface area contributed by atoms with Gasteiger partial charge in [0.2, 0.25) is 5.91 Å². The average molecular weight is 300 g/mol. The van der Waals surface area contributed by atoms with Crippen molar-refractivity contribution in [3.05, 3.63) is 54.1 Å². The molecule has 5 heteroatoms. The van der Waals surface area contributed by atoms with Crippen LogP contribution in [0.3, 0.4) is 0 Å². The molecule has 1 heterocycles. The summed E-state index contributed by atoms with van der Waals surface area (Å²) in [5.74, 6) is 1.23. The number of amides is 1. The van der Waals surface area contributed by atoms with Crippen molar-refractivity contribution in [3.8, 4) is 5.75 Å². The van der Waals surface area contributed by atoms with Gasteiger partial charge in [0.05, 0.1) is 18.6 Å². The first-order valence-electron chi connectivity index (χ1n) is 6.63. The van der Waals surface area contributed by atoms with E-state index in [0.29, 0.717) is 17.2 Å². The van der Waals surface area contributed by atoms with Gasteiger partial charge in [0.1, 0.15) is 11.1 Å². The molecule has 1 fully saturated rings. The van der Waals surface area contributed by atoms with Crippen molar-refractivity contribution in [3.63, 3.8) is 0 Å². The minimum absolute atomic E-state index is 0.0719. The summed E-state index contributed by atoms with van der Waals surface area (Å²) < 4.78 is 5.39. The molecule has 1 saturated heterocycles. The Hall–Kier alpha value is -2.14. The number of nitrogens with two attached hydrogens (primary N) is 1. The number of carbonyl (C=O) groups is 1. The van der Waals surface area contributed by atoms with Gasteiger partial charge in [-0.05, 0) is 29.8 Å². The van der Waals surface area contributed by atoms with Crippen LogP contribution in [0.5, 0.6) is 5.75 Å². The van der Waals surface area contributed by atoms with Crippen LogP contribution < -0.4 is 15.4 Å². The molecule has 2 aromatic carbocycles. The van der Waals surface area contributed by atoms with E-state index >= 15 is 0 Å². The highest BCUT2D eigenvalue weighted by molar-refractivity contribution is 8.00. The molecule has 0 radical (unpaired) electrons. The van der Waals surface area contributed by atoms with Crippen LogP contribution in [0.25, 0.3) is 0 Å². The molecule has 3 rings (SSSR count). The van der Waals surface area contributed by atoms with Crippen molar-refractivity contribution in [2.45, 2.75) is 5.37 Å². The minimum atomic E-state index is -0.0719. The average Bonchev–Trinajstić information content (AvgIpc) is 2.89. The first-order chi connectivity index (χ1) is 10.2. The lowest BCUT2D eigenvalue weighted by atomic mass is 10.1. The smallest absolute Gasteiger partial charge is 0.238 e. The van der Waals surface area contributed by atoms with Crippen molar-refractivity contribution in [1.82, 2.24) is 0 Å². The van der Waals surface area contributed by atoms with Crippen LogP contribution in [-0.4, -0.2) is 18.8 Å². The van der Waals surface area contributed by atoms with Gasteiger partial charge in [0.15, 0.2) is 0 Å². The van der Waals surface area contributed by atoms with E-state index in [1.165, 1.54) is 0 Å². The number of carbonyl (C=O) groups excluding carboxylic acids is 1. The lowest BCUT2D eigenvalue weighted by molar-refractivity contribution is -0.115. The van der Waals surface area contributed by atoms with Gasteiger partial charge in [-0.2, -0.15) is 0 Å². The highest BCUT2D eigenvalue weighted by Gasteiger charge is 2.35. The summed E-state index contributed by atoms with van der Waals surface area (Å²) >= 11 is 1.60. The van der Waals surface area contributed by atoms with E-state index in [4.69, 9.17) is 10.5 Å². The normalized spacial score (nSPS) is 18.0. The first-order valence-corrected chi connectivity index (χ1v) is 7.67. The van der Waals surface area contributed by atoms with Gasteiger partial charge >= 0.3 is 0 Å². The van der Waals surface area contributed by atoms with E-state index in [1.807, 2.05) is 48.5 Å². The van der Waals surface area contributed by atoms with E-state index in [-0.39, 0.29) is 11.3 Å². The largest absolute Gasteiger partial charge is 0.495 e. The van der Waals surface area contributed by atoms with Crippen LogP contribution >= 0.6 is 11.8 Å². The predicted octanol–water partition coefficient (Wildman–Crippen LogP) is 3.06. The molecule has 21 heavy (non-hydrogen) atoms. The molecule has 108 valence electrons. The summed E-state index contributed by atoms with van der Waals surface area (Å²) in [5.41, 5.74) is 8.38. The fourth-order valence-electron chi connectivity index (χ4n) is 2.47. The van der Waals surface area contributed by atoms with Crippen molar-refractivity contribution in [2.24, 2.45) is 0 Å². The number of thioether (sulfide) groups is 1. The van der Waals surface area contributed by atoms with Gasteiger partial charge in [-0.25, -0.2) is 0 Å². The Kier molecular flexibility index (Phi) is 3.75. The third-order valence-corrected chi connectivity index (χ3v) is 4.62. The zero-order valence-corrected chi connectivity index (χ0v) is 12.5. The third kappa shape index (κ3) is 2.56. The molecule has 0 aromatic heterocycles. The van der Waals surface area contributed by atoms with E-state index in [9.17, 15) is 4.79 Å². The Bertz CT molecular complexity index is 675.